The molecule has 1 rings (SSSR count). The van der Waals surface area contributed by atoms with Gasteiger partial charge >= 0.3 is 0 Å². The smallest absolute Gasteiger partial charge is 0.103 e. The molecule has 0 unspecified atom stereocenters. The second-order valence-electron chi connectivity index (χ2n) is 4.98. The van der Waals surface area contributed by atoms with Crippen molar-refractivity contribution in [3.63, 3.8) is 0 Å². The van der Waals surface area contributed by atoms with E-state index in [1.807, 2.05) is 6.92 Å². The summed E-state index contributed by atoms with van der Waals surface area (Å²) < 4.78 is 5.72. The topological polar surface area (TPSA) is 49.7 Å². The summed E-state index contributed by atoms with van der Waals surface area (Å²) in [7, 11) is 0. The largest absolute Gasteiger partial charge is 0.394 e. The lowest BCUT2D eigenvalue weighted by Crippen LogP contribution is -2.29. The minimum absolute atomic E-state index is 0.0317. The molecule has 102 valence electrons. The lowest BCUT2D eigenvalue weighted by Gasteiger charge is -2.16. The van der Waals surface area contributed by atoms with Crippen LogP contribution >= 0.6 is 0 Å². The van der Waals surface area contributed by atoms with Gasteiger partial charge in [-0.05, 0) is 43.8 Å². The van der Waals surface area contributed by atoms with E-state index in [4.69, 9.17) is 9.84 Å². The van der Waals surface area contributed by atoms with Crippen molar-refractivity contribution in [1.82, 2.24) is 0 Å². The van der Waals surface area contributed by atoms with Gasteiger partial charge < -0.3 is 14.9 Å². The summed E-state index contributed by atoms with van der Waals surface area (Å²) in [6.45, 7) is 9.38. The van der Waals surface area contributed by atoms with Crippen molar-refractivity contribution in [3.05, 3.63) is 30.0 Å². The van der Waals surface area contributed by atoms with E-state index < -0.39 is 6.10 Å². The van der Waals surface area contributed by atoms with E-state index in [2.05, 4.69) is 18.9 Å². The van der Waals surface area contributed by atoms with Crippen LogP contribution in [0.4, 0.5) is 0 Å². The molecular formula is C15H24O3. The van der Waals surface area contributed by atoms with Gasteiger partial charge in [0.05, 0.1) is 18.8 Å². The first-order valence-corrected chi connectivity index (χ1v) is 6.56. The van der Waals surface area contributed by atoms with Gasteiger partial charge in [0.1, 0.15) is 6.10 Å². The van der Waals surface area contributed by atoms with Crippen LogP contribution in [0.25, 0.3) is 0 Å². The molecule has 1 fully saturated rings. The molecule has 2 N–H and O–H groups in total. The molecule has 0 saturated carbocycles. The van der Waals surface area contributed by atoms with Crippen molar-refractivity contribution in [2.24, 2.45) is 0 Å². The second kappa shape index (κ2) is 7.55. The van der Waals surface area contributed by atoms with Gasteiger partial charge in [-0.25, -0.2) is 0 Å². The summed E-state index contributed by atoms with van der Waals surface area (Å²) >= 11 is 0. The molecule has 3 atom stereocenters. The number of allylic oxidation sites excluding steroid dienone is 1. The van der Waals surface area contributed by atoms with Crippen LogP contribution in [0.1, 0.15) is 39.0 Å². The number of ether oxygens (including phenoxy) is 1. The average molecular weight is 252 g/mol. The summed E-state index contributed by atoms with van der Waals surface area (Å²) in [5, 5.41) is 18.4. The number of hydrogen-bond acceptors (Lipinski definition) is 3. The number of hydrogen-bond donors (Lipinski definition) is 2. The Morgan fingerprint density at radius 3 is 2.89 bits per heavy atom. The van der Waals surface area contributed by atoms with Crippen molar-refractivity contribution < 1.29 is 14.9 Å². The predicted octanol–water partition coefficient (Wildman–Crippen LogP) is 2.34. The Labute approximate surface area is 109 Å². The normalized spacial score (nSPS) is 24.9. The third-order valence-electron chi connectivity index (χ3n) is 3.44. The van der Waals surface area contributed by atoms with E-state index in [-0.39, 0.29) is 18.8 Å². The zero-order valence-corrected chi connectivity index (χ0v) is 11.2. The predicted molar refractivity (Wildman–Crippen MR) is 72.3 cm³/mol. The first-order valence-electron chi connectivity index (χ1n) is 6.56. The van der Waals surface area contributed by atoms with Crippen LogP contribution in [0.15, 0.2) is 30.0 Å². The van der Waals surface area contributed by atoms with E-state index in [1.54, 1.807) is 0 Å². The molecule has 0 aromatic rings. The highest BCUT2D eigenvalue weighted by Gasteiger charge is 2.32. The summed E-state index contributed by atoms with van der Waals surface area (Å²) in [4.78, 5) is 0. The van der Waals surface area contributed by atoms with E-state index in [0.717, 1.165) is 31.3 Å². The van der Waals surface area contributed by atoms with Crippen LogP contribution in [0, 0.1) is 0 Å². The standard InChI is InChI=1S/C15H24O3/c1-4-11(2)7-5-6-8-14-12(3)9-15(18-14)13(17)10-16/h13-17H,1,3,5-10H2,2H3/t13-,14+,15-/m1/s1. The Bertz CT molecular complexity index is 329. The molecule has 3 heteroatoms. The van der Waals surface area contributed by atoms with Crippen molar-refractivity contribution in [1.29, 1.82) is 0 Å². The molecule has 1 heterocycles. The molecule has 18 heavy (non-hydrogen) atoms. The van der Waals surface area contributed by atoms with Gasteiger partial charge in [0, 0.05) is 0 Å². The molecule has 1 saturated heterocycles. The number of aliphatic hydroxyl groups is 2. The van der Waals surface area contributed by atoms with Crippen molar-refractivity contribution in [2.75, 3.05) is 6.61 Å². The second-order valence-corrected chi connectivity index (χ2v) is 4.98. The van der Waals surface area contributed by atoms with Gasteiger partial charge in [-0.1, -0.05) is 19.6 Å². The van der Waals surface area contributed by atoms with Crippen molar-refractivity contribution >= 4 is 0 Å². The minimum atomic E-state index is -0.794. The molecule has 0 aromatic carbocycles. The van der Waals surface area contributed by atoms with Gasteiger partial charge in [0.25, 0.3) is 0 Å². The van der Waals surface area contributed by atoms with Gasteiger partial charge in [-0.2, -0.15) is 0 Å². The molecule has 0 aromatic heterocycles. The first kappa shape index (κ1) is 15.2. The Morgan fingerprint density at radius 1 is 1.56 bits per heavy atom. The van der Waals surface area contributed by atoms with E-state index in [9.17, 15) is 5.11 Å². The lowest BCUT2D eigenvalue weighted by molar-refractivity contribution is -0.0535. The average Bonchev–Trinajstić information content (AvgIpc) is 2.75. The Morgan fingerprint density at radius 2 is 2.28 bits per heavy atom. The van der Waals surface area contributed by atoms with Crippen LogP contribution < -0.4 is 0 Å². The maximum atomic E-state index is 9.53. The SMILES string of the molecule is C=C=C(C)CCCC[C@@H]1O[C@@H]([C@H](O)CO)CC1=C. The Kier molecular flexibility index (Phi) is 6.37. The molecular weight excluding hydrogens is 228 g/mol. The van der Waals surface area contributed by atoms with Gasteiger partial charge in [-0.3, -0.25) is 0 Å². The van der Waals surface area contributed by atoms with Crippen molar-refractivity contribution in [3.8, 4) is 0 Å². The third kappa shape index (κ3) is 4.43. The first-order chi connectivity index (χ1) is 8.58. The molecule has 0 amide bonds. The van der Waals surface area contributed by atoms with Crippen LogP contribution in [-0.2, 0) is 4.74 Å². The fourth-order valence-corrected chi connectivity index (χ4v) is 2.17. The van der Waals surface area contributed by atoms with Crippen LogP contribution in [-0.4, -0.2) is 35.1 Å². The summed E-state index contributed by atoms with van der Waals surface area (Å²) in [5.41, 5.74) is 5.11. The maximum absolute atomic E-state index is 9.53. The number of aliphatic hydroxyl groups excluding tert-OH is 2. The summed E-state index contributed by atoms with van der Waals surface area (Å²) in [6.07, 6.45) is 3.70. The van der Waals surface area contributed by atoms with Gasteiger partial charge in [-0.15, -0.1) is 5.73 Å². The fourth-order valence-electron chi connectivity index (χ4n) is 2.17. The minimum Gasteiger partial charge on any atom is -0.394 e. The summed E-state index contributed by atoms with van der Waals surface area (Å²) in [6, 6.07) is 0. The molecule has 0 radical (unpaired) electrons. The zero-order valence-electron chi connectivity index (χ0n) is 11.2. The molecule has 1 aliphatic heterocycles. The number of unbranched alkanes of at least 4 members (excludes halogenated alkanes) is 1. The van der Waals surface area contributed by atoms with Crippen LogP contribution in [0.5, 0.6) is 0 Å². The van der Waals surface area contributed by atoms with E-state index >= 15 is 0 Å². The molecule has 0 spiro atoms. The maximum Gasteiger partial charge on any atom is 0.103 e. The highest BCUT2D eigenvalue weighted by molar-refractivity contribution is 5.10. The molecule has 3 nitrogen and oxygen atoms in total. The monoisotopic (exact) mass is 252 g/mol. The van der Waals surface area contributed by atoms with E-state index in [0.29, 0.717) is 6.42 Å². The third-order valence-corrected chi connectivity index (χ3v) is 3.44. The zero-order chi connectivity index (χ0) is 13.5. The molecule has 0 bridgehead atoms. The molecule has 0 aliphatic carbocycles. The molecule has 1 aliphatic rings. The highest BCUT2D eigenvalue weighted by Crippen LogP contribution is 2.29. The van der Waals surface area contributed by atoms with E-state index in [1.165, 1.54) is 5.57 Å². The fraction of sp³-hybridized carbons (Fsp3) is 0.667. The van der Waals surface area contributed by atoms with Crippen molar-refractivity contribution in [2.45, 2.75) is 57.3 Å². The summed E-state index contributed by atoms with van der Waals surface area (Å²) in [5.74, 6) is 0. The number of rotatable bonds is 7. The Balaban J connectivity index is 2.27. The Hall–Kier alpha value is -0.860. The van der Waals surface area contributed by atoms with Crippen LogP contribution in [0.3, 0.4) is 0 Å². The van der Waals surface area contributed by atoms with Gasteiger partial charge in [0.2, 0.25) is 0 Å². The van der Waals surface area contributed by atoms with Gasteiger partial charge in [0.15, 0.2) is 0 Å². The quantitative estimate of drug-likeness (QED) is 0.415. The highest BCUT2D eigenvalue weighted by atomic mass is 16.5. The lowest BCUT2D eigenvalue weighted by atomic mass is 10.0. The van der Waals surface area contributed by atoms with Crippen LogP contribution in [0.2, 0.25) is 0 Å².